The highest BCUT2D eigenvalue weighted by atomic mass is 19.1. The number of nitrogens with zero attached hydrogens (tertiary/aromatic N) is 1. The zero-order valence-corrected chi connectivity index (χ0v) is 14.2. The number of anilines is 1. The maximum Gasteiger partial charge on any atom is 0.272 e. The largest absolute Gasteiger partial charge is 0.463 e. The molecule has 0 saturated heterocycles. The molecule has 0 radical (unpaired) electrons. The molecule has 0 aliphatic heterocycles. The highest BCUT2D eigenvalue weighted by Gasteiger charge is 2.18. The van der Waals surface area contributed by atoms with Crippen molar-refractivity contribution >= 4 is 22.7 Å². The van der Waals surface area contributed by atoms with Crippen molar-refractivity contribution in [3.8, 4) is 0 Å². The van der Waals surface area contributed by atoms with Crippen molar-refractivity contribution in [1.29, 1.82) is 0 Å². The molecule has 4 nitrogen and oxygen atoms in total. The fourth-order valence-corrected chi connectivity index (χ4v) is 3.05. The molecule has 26 heavy (non-hydrogen) atoms. The molecule has 1 amide bonds. The Morgan fingerprint density at radius 1 is 1.12 bits per heavy atom. The fraction of sp³-hybridized carbons (Fsp3) is 0.0952. The maximum absolute atomic E-state index is 13.5. The maximum atomic E-state index is 13.5. The second kappa shape index (κ2) is 6.52. The molecule has 0 fully saturated rings. The molecule has 0 unspecified atom stereocenters. The van der Waals surface area contributed by atoms with E-state index < -0.39 is 0 Å². The first kappa shape index (κ1) is 16.1. The van der Waals surface area contributed by atoms with Crippen molar-refractivity contribution in [3.63, 3.8) is 0 Å². The second-order valence-electron chi connectivity index (χ2n) is 6.18. The third kappa shape index (κ3) is 2.99. The molecular weight excluding hydrogens is 331 g/mol. The minimum Gasteiger partial charge on any atom is -0.463 e. The summed E-state index contributed by atoms with van der Waals surface area (Å²) in [6, 6.07) is 17.5. The van der Waals surface area contributed by atoms with Crippen molar-refractivity contribution in [3.05, 3.63) is 89.6 Å². The predicted molar refractivity (Wildman–Crippen MR) is 98.8 cm³/mol. The van der Waals surface area contributed by atoms with E-state index in [0.29, 0.717) is 17.8 Å². The highest BCUT2D eigenvalue weighted by molar-refractivity contribution is 6.06. The van der Waals surface area contributed by atoms with E-state index in [9.17, 15) is 9.18 Å². The fourth-order valence-electron chi connectivity index (χ4n) is 3.05. The van der Waals surface area contributed by atoms with Crippen molar-refractivity contribution < 1.29 is 13.6 Å². The monoisotopic (exact) mass is 348 g/mol. The summed E-state index contributed by atoms with van der Waals surface area (Å²) in [5, 5.41) is 2.94. The van der Waals surface area contributed by atoms with E-state index >= 15 is 0 Å². The van der Waals surface area contributed by atoms with Gasteiger partial charge >= 0.3 is 0 Å². The lowest BCUT2D eigenvalue weighted by atomic mass is 10.2. The van der Waals surface area contributed by atoms with Gasteiger partial charge in [-0.3, -0.25) is 4.79 Å². The Kier molecular flexibility index (Phi) is 4.05. The SMILES string of the molecule is Cc1ccccc1NC(=O)c1cc2occc2n1Cc1cccc(F)c1. The van der Waals surface area contributed by atoms with Gasteiger partial charge in [0.25, 0.3) is 5.91 Å². The Morgan fingerprint density at radius 2 is 1.96 bits per heavy atom. The number of hydrogen-bond acceptors (Lipinski definition) is 2. The normalized spacial score (nSPS) is 11.0. The minimum absolute atomic E-state index is 0.234. The third-order valence-electron chi connectivity index (χ3n) is 4.38. The number of halogens is 1. The summed E-state index contributed by atoms with van der Waals surface area (Å²) in [5.74, 6) is -0.536. The molecule has 2 heterocycles. The van der Waals surface area contributed by atoms with Crippen molar-refractivity contribution in [1.82, 2.24) is 4.57 Å². The topological polar surface area (TPSA) is 47.2 Å². The minimum atomic E-state index is -0.302. The van der Waals surface area contributed by atoms with Crippen LogP contribution in [0.25, 0.3) is 11.1 Å². The van der Waals surface area contributed by atoms with Gasteiger partial charge in [-0.1, -0.05) is 30.3 Å². The first-order valence-corrected chi connectivity index (χ1v) is 8.30. The van der Waals surface area contributed by atoms with Gasteiger partial charge in [0.15, 0.2) is 5.58 Å². The summed E-state index contributed by atoms with van der Waals surface area (Å²) < 4.78 is 20.8. The van der Waals surface area contributed by atoms with Gasteiger partial charge in [0.1, 0.15) is 11.5 Å². The van der Waals surface area contributed by atoms with Crippen LogP contribution < -0.4 is 5.32 Å². The summed E-state index contributed by atoms with van der Waals surface area (Å²) in [4.78, 5) is 12.9. The highest BCUT2D eigenvalue weighted by Crippen LogP contribution is 2.24. The number of fused-ring (bicyclic) bond motifs is 1. The molecule has 0 bridgehead atoms. The van der Waals surface area contributed by atoms with Crippen LogP contribution in [0.2, 0.25) is 0 Å². The first-order valence-electron chi connectivity index (χ1n) is 8.30. The summed E-state index contributed by atoms with van der Waals surface area (Å²) in [7, 11) is 0. The van der Waals surface area contributed by atoms with Gasteiger partial charge in [-0.15, -0.1) is 0 Å². The number of para-hydroxylation sites is 1. The van der Waals surface area contributed by atoms with Crippen LogP contribution in [0, 0.1) is 12.7 Å². The van der Waals surface area contributed by atoms with Crippen LogP contribution in [0.1, 0.15) is 21.6 Å². The number of rotatable bonds is 4. The summed E-state index contributed by atoms with van der Waals surface area (Å²) >= 11 is 0. The number of aryl methyl sites for hydroxylation is 1. The van der Waals surface area contributed by atoms with Gasteiger partial charge in [0.2, 0.25) is 0 Å². The molecule has 4 aromatic rings. The van der Waals surface area contributed by atoms with E-state index in [1.54, 1.807) is 24.5 Å². The molecule has 2 aromatic heterocycles. The Balaban J connectivity index is 1.72. The lowest BCUT2D eigenvalue weighted by Crippen LogP contribution is -2.18. The van der Waals surface area contributed by atoms with Crippen molar-refractivity contribution in [2.45, 2.75) is 13.5 Å². The van der Waals surface area contributed by atoms with Gasteiger partial charge in [0.05, 0.1) is 11.8 Å². The van der Waals surface area contributed by atoms with E-state index in [2.05, 4.69) is 5.32 Å². The number of carbonyl (C=O) groups is 1. The second-order valence-corrected chi connectivity index (χ2v) is 6.18. The molecule has 4 rings (SSSR count). The van der Waals surface area contributed by atoms with E-state index in [1.807, 2.05) is 41.8 Å². The molecule has 2 aromatic carbocycles. The Hall–Kier alpha value is -3.34. The average molecular weight is 348 g/mol. The van der Waals surface area contributed by atoms with Gasteiger partial charge < -0.3 is 14.3 Å². The summed E-state index contributed by atoms with van der Waals surface area (Å²) in [6.07, 6.45) is 1.58. The zero-order chi connectivity index (χ0) is 18.1. The van der Waals surface area contributed by atoms with Crippen molar-refractivity contribution in [2.24, 2.45) is 0 Å². The van der Waals surface area contributed by atoms with Crippen LogP contribution in [-0.4, -0.2) is 10.5 Å². The van der Waals surface area contributed by atoms with E-state index in [-0.39, 0.29) is 11.7 Å². The summed E-state index contributed by atoms with van der Waals surface area (Å²) in [5.41, 5.74) is 4.39. The van der Waals surface area contributed by atoms with Crippen LogP contribution in [0.3, 0.4) is 0 Å². The molecule has 0 aliphatic rings. The van der Waals surface area contributed by atoms with Gasteiger partial charge in [-0.25, -0.2) is 4.39 Å². The lowest BCUT2D eigenvalue weighted by molar-refractivity contribution is 0.101. The molecule has 0 spiro atoms. The zero-order valence-electron chi connectivity index (χ0n) is 14.2. The molecule has 1 N–H and O–H groups in total. The van der Waals surface area contributed by atoms with Gasteiger partial charge in [-0.05, 0) is 36.2 Å². The predicted octanol–water partition coefficient (Wildman–Crippen LogP) is 4.98. The lowest BCUT2D eigenvalue weighted by Gasteiger charge is -2.12. The van der Waals surface area contributed by atoms with Crippen LogP contribution in [0.5, 0.6) is 0 Å². The van der Waals surface area contributed by atoms with E-state index in [1.165, 1.54) is 12.1 Å². The smallest absolute Gasteiger partial charge is 0.272 e. The quantitative estimate of drug-likeness (QED) is 0.565. The standard InChI is InChI=1S/C21H17FN2O2/c1-14-5-2-3-8-17(14)23-21(25)19-12-20-18(9-10-26-20)24(19)13-15-6-4-7-16(22)11-15/h2-12H,13H2,1H3,(H,23,25). The number of benzene rings is 2. The summed E-state index contributed by atoms with van der Waals surface area (Å²) in [6.45, 7) is 2.31. The van der Waals surface area contributed by atoms with E-state index in [0.717, 1.165) is 22.3 Å². The third-order valence-corrected chi connectivity index (χ3v) is 4.38. The van der Waals surface area contributed by atoms with Crippen molar-refractivity contribution in [2.75, 3.05) is 5.32 Å². The number of hydrogen-bond donors (Lipinski definition) is 1. The molecule has 5 heteroatoms. The first-order chi connectivity index (χ1) is 12.6. The van der Waals surface area contributed by atoms with Crippen LogP contribution >= 0.6 is 0 Å². The molecule has 0 atom stereocenters. The average Bonchev–Trinajstić information content (AvgIpc) is 3.20. The number of carbonyl (C=O) groups excluding carboxylic acids is 1. The number of furan rings is 1. The molecule has 0 saturated carbocycles. The van der Waals surface area contributed by atoms with Gasteiger partial charge in [0, 0.05) is 24.4 Å². The Morgan fingerprint density at radius 3 is 2.77 bits per heavy atom. The van der Waals surface area contributed by atoms with E-state index in [4.69, 9.17) is 4.42 Å². The van der Waals surface area contributed by atoms with Crippen LogP contribution in [-0.2, 0) is 6.54 Å². The van der Waals surface area contributed by atoms with Crippen LogP contribution in [0.4, 0.5) is 10.1 Å². The molecule has 0 aliphatic carbocycles. The number of nitrogens with one attached hydrogen (secondary N) is 1. The Labute approximate surface area is 149 Å². The van der Waals surface area contributed by atoms with Crippen LogP contribution in [0.15, 0.2) is 71.3 Å². The Bertz CT molecular complexity index is 1090. The van der Waals surface area contributed by atoms with Gasteiger partial charge in [-0.2, -0.15) is 0 Å². The molecule has 130 valence electrons. The number of aromatic nitrogens is 1. The number of amides is 1. The molecular formula is C21H17FN2O2.